The van der Waals surface area contributed by atoms with E-state index >= 15 is 0 Å². The Morgan fingerprint density at radius 2 is 1.90 bits per heavy atom. The number of aromatic nitrogens is 1. The molecule has 0 aliphatic heterocycles. The van der Waals surface area contributed by atoms with Gasteiger partial charge >= 0.3 is 0 Å². The Morgan fingerprint density at radius 1 is 1.15 bits per heavy atom. The van der Waals surface area contributed by atoms with Gasteiger partial charge in [0.1, 0.15) is 5.35 Å². The molecule has 1 N–H and O–H groups in total. The van der Waals surface area contributed by atoms with Crippen LogP contribution in [0.4, 0.5) is 0 Å². The van der Waals surface area contributed by atoms with Crippen molar-refractivity contribution in [2.24, 2.45) is 0 Å². The van der Waals surface area contributed by atoms with Gasteiger partial charge in [-0.3, -0.25) is 4.79 Å². The second-order valence-corrected chi connectivity index (χ2v) is 5.47. The van der Waals surface area contributed by atoms with Crippen LogP contribution >= 0.6 is 0 Å². The number of hydrogen-bond acceptors (Lipinski definition) is 1. The number of fused-ring (bicyclic) bond motifs is 1. The lowest BCUT2D eigenvalue weighted by molar-refractivity contribution is 0.603. The first kappa shape index (κ1) is 14.7. The smallest absolute Gasteiger partial charge is 0.193 e. The minimum absolute atomic E-state index is 0.130. The van der Waals surface area contributed by atoms with Crippen molar-refractivity contribution in [3.63, 3.8) is 0 Å². The van der Waals surface area contributed by atoms with Crippen molar-refractivity contribution >= 4 is 11.8 Å². The molecule has 0 saturated carbocycles. The predicted molar refractivity (Wildman–Crippen MR) is 84.1 cm³/mol. The van der Waals surface area contributed by atoms with Crippen molar-refractivity contribution in [1.82, 2.24) is 4.98 Å². The van der Waals surface area contributed by atoms with Gasteiger partial charge in [-0.2, -0.15) is 0 Å². The Labute approximate surface area is 120 Å². The van der Waals surface area contributed by atoms with E-state index in [2.05, 4.69) is 23.4 Å². The fourth-order valence-electron chi connectivity index (χ4n) is 2.59. The third-order valence-electron chi connectivity index (χ3n) is 3.89. The van der Waals surface area contributed by atoms with E-state index in [1.807, 2.05) is 13.0 Å². The van der Waals surface area contributed by atoms with Gasteiger partial charge < -0.3 is 4.98 Å². The van der Waals surface area contributed by atoms with Crippen LogP contribution in [0.3, 0.4) is 0 Å². The van der Waals surface area contributed by atoms with Crippen LogP contribution in [-0.2, 0) is 6.42 Å². The van der Waals surface area contributed by atoms with Gasteiger partial charge in [0.25, 0.3) is 0 Å². The summed E-state index contributed by atoms with van der Waals surface area (Å²) >= 11 is 0. The van der Waals surface area contributed by atoms with Gasteiger partial charge in [0.15, 0.2) is 5.43 Å². The average molecular weight is 269 g/mol. The highest BCUT2D eigenvalue weighted by molar-refractivity contribution is 5.44. The Morgan fingerprint density at radius 3 is 2.70 bits per heavy atom. The van der Waals surface area contributed by atoms with E-state index in [-0.39, 0.29) is 5.43 Å². The van der Waals surface area contributed by atoms with Gasteiger partial charge in [-0.25, -0.2) is 0 Å². The van der Waals surface area contributed by atoms with Gasteiger partial charge in [-0.1, -0.05) is 44.8 Å². The standard InChI is InChI=1S/C18H23NO/c1-3-4-5-6-7-8-12-16-14(2)18(20)15-11-9-10-13-17(15)19-16/h9,11H,3-8,12H2,1-2H3,(H,19,20). The number of pyridine rings is 1. The third kappa shape index (κ3) is 3.42. The molecule has 1 heterocycles. The largest absolute Gasteiger partial charge is 0.351 e. The summed E-state index contributed by atoms with van der Waals surface area (Å²) in [6.45, 7) is 4.15. The maximum atomic E-state index is 12.3. The highest BCUT2D eigenvalue weighted by atomic mass is 16.1. The molecule has 0 atom stereocenters. The summed E-state index contributed by atoms with van der Waals surface area (Å²) < 4.78 is 0. The lowest BCUT2D eigenvalue weighted by Gasteiger charge is -2.06. The molecule has 1 aliphatic carbocycles. The number of rotatable bonds is 7. The van der Waals surface area contributed by atoms with Crippen LogP contribution in [-0.4, -0.2) is 4.98 Å². The van der Waals surface area contributed by atoms with Gasteiger partial charge in [-0.15, -0.1) is 0 Å². The molecule has 20 heavy (non-hydrogen) atoms. The van der Waals surface area contributed by atoms with Crippen LogP contribution < -0.4 is 16.0 Å². The molecule has 0 aromatic carbocycles. The summed E-state index contributed by atoms with van der Waals surface area (Å²) in [5, 5.41) is 1.50. The van der Waals surface area contributed by atoms with Crippen LogP contribution in [0.25, 0.3) is 11.8 Å². The predicted octanol–water partition coefficient (Wildman–Crippen LogP) is 2.47. The molecular weight excluding hydrogens is 246 g/mol. The van der Waals surface area contributed by atoms with Crippen molar-refractivity contribution in [2.75, 3.05) is 0 Å². The Kier molecular flexibility index (Phi) is 5.24. The van der Waals surface area contributed by atoms with E-state index in [1.54, 1.807) is 6.08 Å². The maximum absolute atomic E-state index is 12.3. The minimum Gasteiger partial charge on any atom is -0.351 e. The number of H-pyrrole nitrogens is 1. The number of aryl methyl sites for hydroxylation is 1. The molecule has 2 rings (SSSR count). The second kappa shape index (κ2) is 7.14. The van der Waals surface area contributed by atoms with Gasteiger partial charge in [-0.05, 0) is 37.6 Å². The molecule has 106 valence electrons. The molecule has 2 heteroatoms. The first-order chi connectivity index (χ1) is 9.74. The number of allylic oxidation sites excluding steroid dienone is 1. The van der Waals surface area contributed by atoms with Crippen LogP contribution in [0.5, 0.6) is 0 Å². The molecule has 0 bridgehead atoms. The van der Waals surface area contributed by atoms with E-state index in [9.17, 15) is 4.79 Å². The molecular formula is C18H23NO. The van der Waals surface area contributed by atoms with Crippen molar-refractivity contribution in [2.45, 2.75) is 58.8 Å². The summed E-state index contributed by atoms with van der Waals surface area (Å²) in [5.41, 5.74) is 7.95. The van der Waals surface area contributed by atoms with Crippen molar-refractivity contribution < 1.29 is 0 Å². The first-order valence-corrected chi connectivity index (χ1v) is 7.68. The Hall–Kier alpha value is -1.75. The zero-order valence-electron chi connectivity index (χ0n) is 12.5. The molecule has 0 radical (unpaired) electrons. The molecule has 1 aromatic heterocycles. The van der Waals surface area contributed by atoms with E-state index in [1.165, 1.54) is 32.1 Å². The normalized spacial score (nSPS) is 11.9. The monoisotopic (exact) mass is 269 g/mol. The maximum Gasteiger partial charge on any atom is 0.193 e. The summed E-state index contributed by atoms with van der Waals surface area (Å²) in [4.78, 5) is 15.6. The van der Waals surface area contributed by atoms with Gasteiger partial charge in [0.05, 0.1) is 5.22 Å². The molecule has 1 aliphatic rings. The number of nitrogens with one attached hydrogen (secondary N) is 1. The zero-order valence-corrected chi connectivity index (χ0v) is 12.5. The fourth-order valence-corrected chi connectivity index (χ4v) is 2.59. The van der Waals surface area contributed by atoms with Crippen LogP contribution in [0, 0.1) is 6.92 Å². The van der Waals surface area contributed by atoms with E-state index in [0.717, 1.165) is 29.4 Å². The fraction of sp³-hybridized carbons (Fsp3) is 0.500. The molecule has 0 spiro atoms. The molecule has 0 amide bonds. The highest BCUT2D eigenvalue weighted by Gasteiger charge is 2.06. The zero-order chi connectivity index (χ0) is 14.4. The lowest BCUT2D eigenvalue weighted by Crippen LogP contribution is -2.43. The Balaban J connectivity index is 2.07. The van der Waals surface area contributed by atoms with Crippen molar-refractivity contribution in [1.29, 1.82) is 0 Å². The van der Waals surface area contributed by atoms with Crippen LogP contribution in [0.1, 0.15) is 56.7 Å². The first-order valence-electron chi connectivity index (χ1n) is 7.68. The Bertz CT molecular complexity index is 711. The summed E-state index contributed by atoms with van der Waals surface area (Å²) in [5.74, 6) is 0. The number of hydrogen-bond donors (Lipinski definition) is 1. The molecule has 0 unspecified atom stereocenters. The highest BCUT2D eigenvalue weighted by Crippen LogP contribution is 2.08. The second-order valence-electron chi connectivity index (χ2n) is 5.47. The topological polar surface area (TPSA) is 32.9 Å². The lowest BCUT2D eigenvalue weighted by atomic mass is 10.0. The average Bonchev–Trinajstić information content (AvgIpc) is 2.47. The quantitative estimate of drug-likeness (QED) is 0.598. The SMILES string of the molecule is CCCCCCCCc1[nH]c2c(c(=O)c1C)=CC=C=C=2. The van der Waals surface area contributed by atoms with E-state index < -0.39 is 0 Å². The summed E-state index contributed by atoms with van der Waals surface area (Å²) in [6, 6.07) is 0. The van der Waals surface area contributed by atoms with Crippen LogP contribution in [0.15, 0.2) is 16.6 Å². The van der Waals surface area contributed by atoms with E-state index in [4.69, 9.17) is 0 Å². The number of unbranched alkanes of at least 4 members (excludes halogenated alkanes) is 5. The summed E-state index contributed by atoms with van der Waals surface area (Å²) in [6.07, 6.45) is 12.1. The third-order valence-corrected chi connectivity index (χ3v) is 3.89. The van der Waals surface area contributed by atoms with Crippen LogP contribution in [0.2, 0.25) is 0 Å². The minimum atomic E-state index is 0.130. The summed E-state index contributed by atoms with van der Waals surface area (Å²) in [7, 11) is 0. The van der Waals surface area contributed by atoms with Crippen molar-refractivity contribution in [3.8, 4) is 0 Å². The molecule has 0 fully saturated rings. The molecule has 1 aromatic rings. The van der Waals surface area contributed by atoms with E-state index in [0.29, 0.717) is 5.22 Å². The van der Waals surface area contributed by atoms with Crippen molar-refractivity contribution in [3.05, 3.63) is 43.9 Å². The number of aromatic amines is 1. The van der Waals surface area contributed by atoms with Gasteiger partial charge in [0, 0.05) is 11.3 Å². The molecule has 2 nitrogen and oxygen atoms in total. The molecule has 0 saturated heterocycles. The van der Waals surface area contributed by atoms with Gasteiger partial charge in [0.2, 0.25) is 0 Å².